The summed E-state index contributed by atoms with van der Waals surface area (Å²) in [5.41, 5.74) is 9.21. The first kappa shape index (κ1) is 19.5. The van der Waals surface area contributed by atoms with Gasteiger partial charge in [0.25, 0.3) is 0 Å². The number of nitrogen functional groups attached to an aromatic ring is 1. The molecule has 3 N–H and O–H groups in total. The van der Waals surface area contributed by atoms with Gasteiger partial charge in [-0.3, -0.25) is 4.79 Å². The van der Waals surface area contributed by atoms with Crippen LogP contribution in [0.25, 0.3) is 11.1 Å². The molecule has 0 bridgehead atoms. The van der Waals surface area contributed by atoms with Crippen LogP contribution in [0.5, 0.6) is 0 Å². The number of allylic oxidation sites excluding steroid dienone is 1. The third-order valence-corrected chi connectivity index (χ3v) is 4.14. The van der Waals surface area contributed by atoms with Gasteiger partial charge in [0.05, 0.1) is 0 Å². The lowest BCUT2D eigenvalue weighted by molar-refractivity contribution is -0.119. The average Bonchev–Trinajstić information content (AvgIpc) is 2.58. The molecule has 0 saturated carbocycles. The number of nitrogens with zero attached hydrogens (tertiary/aromatic N) is 1. The number of carbonyl (C=O) groups excluding carboxylic acids is 1. The normalized spacial score (nSPS) is 11.7. The topological polar surface area (TPSA) is 58.4 Å². The molecule has 0 aliphatic rings. The van der Waals surface area contributed by atoms with Gasteiger partial charge in [-0.05, 0) is 48.7 Å². The molecule has 0 heterocycles. The van der Waals surface area contributed by atoms with Gasteiger partial charge in [0, 0.05) is 42.6 Å². The molecule has 1 atom stereocenters. The van der Waals surface area contributed by atoms with Crippen LogP contribution in [0.3, 0.4) is 0 Å². The van der Waals surface area contributed by atoms with Crippen molar-refractivity contribution in [2.75, 3.05) is 23.7 Å². The second-order valence-electron chi connectivity index (χ2n) is 6.67. The smallest absolute Gasteiger partial charge is 0.216 e. The molecule has 5 heteroatoms. The highest BCUT2D eigenvalue weighted by Crippen LogP contribution is 2.29. The monoisotopic (exact) mass is 355 g/mol. The summed E-state index contributed by atoms with van der Waals surface area (Å²) in [5, 5.41) is 2.81. The van der Waals surface area contributed by atoms with Crippen LogP contribution in [0.4, 0.5) is 15.8 Å². The van der Waals surface area contributed by atoms with Crippen molar-refractivity contribution in [2.24, 2.45) is 5.92 Å². The molecule has 26 heavy (non-hydrogen) atoms. The molecule has 1 unspecified atom stereocenters. The number of hydrogen-bond donors (Lipinski definition) is 2. The van der Waals surface area contributed by atoms with Gasteiger partial charge in [0.1, 0.15) is 5.82 Å². The Balaban J connectivity index is 2.21. The summed E-state index contributed by atoms with van der Waals surface area (Å²) in [6.45, 7) is 10.6. The summed E-state index contributed by atoms with van der Waals surface area (Å²) < 4.78 is 14.7. The standard InChI is InChI=1S/C21H26FN3O/c1-14(2)25(13-15(3)12-24-16(4)26)19-9-10-20(21(22)11-19)17-5-7-18(23)8-6-17/h5-11,15H,1,12-13,23H2,2-4H3,(H,24,26). The van der Waals surface area contributed by atoms with Crippen LogP contribution in [0.1, 0.15) is 20.8 Å². The van der Waals surface area contributed by atoms with Gasteiger partial charge >= 0.3 is 0 Å². The number of carbonyl (C=O) groups is 1. The molecule has 0 spiro atoms. The first-order chi connectivity index (χ1) is 12.3. The van der Waals surface area contributed by atoms with Crippen molar-refractivity contribution in [1.29, 1.82) is 0 Å². The molecule has 2 aromatic carbocycles. The molecule has 2 aromatic rings. The minimum absolute atomic E-state index is 0.0578. The number of nitrogens with two attached hydrogens (primary N) is 1. The number of rotatable bonds is 7. The van der Waals surface area contributed by atoms with Crippen LogP contribution in [0.15, 0.2) is 54.7 Å². The lowest BCUT2D eigenvalue weighted by Crippen LogP contribution is -2.34. The van der Waals surface area contributed by atoms with E-state index < -0.39 is 0 Å². The van der Waals surface area contributed by atoms with Gasteiger partial charge < -0.3 is 16.0 Å². The third-order valence-electron chi connectivity index (χ3n) is 4.14. The summed E-state index contributed by atoms with van der Waals surface area (Å²) in [6.07, 6.45) is 0. The molecule has 0 saturated heterocycles. The molecule has 0 aliphatic heterocycles. The lowest BCUT2D eigenvalue weighted by atomic mass is 10.0. The van der Waals surface area contributed by atoms with Gasteiger partial charge in [0.15, 0.2) is 0 Å². The van der Waals surface area contributed by atoms with Gasteiger partial charge in [-0.25, -0.2) is 4.39 Å². The average molecular weight is 355 g/mol. The first-order valence-corrected chi connectivity index (χ1v) is 8.61. The van der Waals surface area contributed by atoms with E-state index in [0.29, 0.717) is 24.3 Å². The Kier molecular flexibility index (Phi) is 6.39. The minimum Gasteiger partial charge on any atom is -0.399 e. The fourth-order valence-corrected chi connectivity index (χ4v) is 2.74. The van der Waals surface area contributed by atoms with Crippen molar-refractivity contribution >= 4 is 17.3 Å². The molecule has 2 rings (SSSR count). The summed E-state index contributed by atoms with van der Waals surface area (Å²) in [5.74, 6) is -0.166. The molecule has 1 amide bonds. The lowest BCUT2D eigenvalue weighted by Gasteiger charge is -2.28. The van der Waals surface area contributed by atoms with E-state index in [-0.39, 0.29) is 17.6 Å². The predicted octanol–water partition coefficient (Wildman–Crippen LogP) is 4.19. The zero-order chi connectivity index (χ0) is 19.3. The van der Waals surface area contributed by atoms with Crippen molar-refractivity contribution in [3.63, 3.8) is 0 Å². The Labute approximate surface area is 154 Å². The van der Waals surface area contributed by atoms with Crippen LogP contribution in [-0.2, 0) is 4.79 Å². The number of amides is 1. The molecule has 138 valence electrons. The number of halogens is 1. The molecule has 0 aromatic heterocycles. The van der Waals surface area contributed by atoms with Crippen molar-refractivity contribution in [3.8, 4) is 11.1 Å². The number of benzene rings is 2. The fraction of sp³-hybridized carbons (Fsp3) is 0.286. The van der Waals surface area contributed by atoms with Gasteiger partial charge in [-0.2, -0.15) is 0 Å². The molecular weight excluding hydrogens is 329 g/mol. The van der Waals surface area contributed by atoms with Crippen molar-refractivity contribution < 1.29 is 9.18 Å². The second kappa shape index (κ2) is 8.52. The quantitative estimate of drug-likeness (QED) is 0.732. The van der Waals surface area contributed by atoms with Crippen molar-refractivity contribution in [2.45, 2.75) is 20.8 Å². The van der Waals surface area contributed by atoms with Crippen molar-refractivity contribution in [3.05, 3.63) is 60.6 Å². The predicted molar refractivity (Wildman–Crippen MR) is 106 cm³/mol. The molecular formula is C21H26FN3O. The Bertz CT molecular complexity index is 786. The van der Waals surface area contributed by atoms with E-state index in [1.54, 1.807) is 30.3 Å². The maximum atomic E-state index is 14.7. The molecule has 0 fully saturated rings. The van der Waals surface area contributed by atoms with Crippen LogP contribution in [0.2, 0.25) is 0 Å². The Morgan fingerprint density at radius 3 is 2.42 bits per heavy atom. The third kappa shape index (κ3) is 5.09. The number of nitrogens with one attached hydrogen (secondary N) is 1. The Morgan fingerprint density at radius 1 is 1.23 bits per heavy atom. The molecule has 0 radical (unpaired) electrons. The second-order valence-corrected chi connectivity index (χ2v) is 6.67. The van der Waals surface area contributed by atoms with Gasteiger partial charge in [0.2, 0.25) is 5.91 Å². The van der Waals surface area contributed by atoms with E-state index in [1.807, 2.05) is 24.8 Å². The van der Waals surface area contributed by atoms with Gasteiger partial charge in [-0.1, -0.05) is 25.6 Å². The summed E-state index contributed by atoms with van der Waals surface area (Å²) >= 11 is 0. The zero-order valence-corrected chi connectivity index (χ0v) is 15.6. The largest absolute Gasteiger partial charge is 0.399 e. The van der Waals surface area contributed by atoms with E-state index in [1.165, 1.54) is 13.0 Å². The minimum atomic E-state index is -0.298. The van der Waals surface area contributed by atoms with E-state index in [4.69, 9.17) is 5.73 Å². The zero-order valence-electron chi connectivity index (χ0n) is 15.6. The summed E-state index contributed by atoms with van der Waals surface area (Å²) in [4.78, 5) is 13.0. The van der Waals surface area contributed by atoms with Crippen LogP contribution in [0, 0.1) is 11.7 Å². The first-order valence-electron chi connectivity index (χ1n) is 8.61. The summed E-state index contributed by atoms with van der Waals surface area (Å²) in [7, 11) is 0. The van der Waals surface area contributed by atoms with Crippen LogP contribution >= 0.6 is 0 Å². The summed E-state index contributed by atoms with van der Waals surface area (Å²) in [6, 6.07) is 12.3. The highest BCUT2D eigenvalue weighted by atomic mass is 19.1. The SMILES string of the molecule is C=C(C)N(CC(C)CNC(C)=O)c1ccc(-c2ccc(N)cc2)c(F)c1. The molecule has 0 aliphatic carbocycles. The Morgan fingerprint density at radius 2 is 1.88 bits per heavy atom. The maximum absolute atomic E-state index is 14.7. The highest BCUT2D eigenvalue weighted by molar-refractivity contribution is 5.72. The van der Waals surface area contributed by atoms with Gasteiger partial charge in [-0.15, -0.1) is 0 Å². The highest BCUT2D eigenvalue weighted by Gasteiger charge is 2.15. The Hall–Kier alpha value is -2.82. The van der Waals surface area contributed by atoms with Crippen molar-refractivity contribution in [1.82, 2.24) is 5.32 Å². The van der Waals surface area contributed by atoms with Crippen LogP contribution < -0.4 is 16.0 Å². The fourth-order valence-electron chi connectivity index (χ4n) is 2.74. The van der Waals surface area contributed by atoms with E-state index in [0.717, 1.165) is 16.9 Å². The van der Waals surface area contributed by atoms with E-state index in [2.05, 4.69) is 11.9 Å². The molecule has 4 nitrogen and oxygen atoms in total. The number of hydrogen-bond acceptors (Lipinski definition) is 3. The van der Waals surface area contributed by atoms with E-state index in [9.17, 15) is 9.18 Å². The maximum Gasteiger partial charge on any atom is 0.216 e. The number of anilines is 2. The van der Waals surface area contributed by atoms with E-state index >= 15 is 0 Å². The van der Waals surface area contributed by atoms with Crippen LogP contribution in [-0.4, -0.2) is 19.0 Å².